The van der Waals surface area contributed by atoms with Gasteiger partial charge in [-0.25, -0.2) is 0 Å². The summed E-state index contributed by atoms with van der Waals surface area (Å²) in [5, 5.41) is 21.4. The normalized spacial score (nSPS) is 19.1. The van der Waals surface area contributed by atoms with Crippen LogP contribution in [0.3, 0.4) is 0 Å². The minimum atomic E-state index is -0.965. The van der Waals surface area contributed by atoms with Gasteiger partial charge in [0.1, 0.15) is 24.5 Å². The number of likely N-dealkylation sites (tertiary alicyclic amines) is 1. The number of piperazine rings is 1. The van der Waals surface area contributed by atoms with Crippen molar-refractivity contribution in [1.29, 1.82) is 10.5 Å². The summed E-state index contributed by atoms with van der Waals surface area (Å²) in [6, 6.07) is 24.5. The molecule has 1 N–H and O–H groups in total. The van der Waals surface area contributed by atoms with Gasteiger partial charge in [0.15, 0.2) is 0 Å². The number of imide groups is 2. The van der Waals surface area contributed by atoms with Crippen molar-refractivity contribution in [3.8, 4) is 29.0 Å². The van der Waals surface area contributed by atoms with Crippen LogP contribution in [-0.4, -0.2) is 108 Å². The topological polar surface area (TPSA) is 155 Å². The number of carbonyl (C=O) groups excluding carboxylic acids is 4. The van der Waals surface area contributed by atoms with E-state index in [1.807, 2.05) is 44.2 Å². The van der Waals surface area contributed by atoms with E-state index >= 15 is 0 Å². The Balaban J connectivity index is 0.760. The fourth-order valence-electron chi connectivity index (χ4n) is 9.09. The van der Waals surface area contributed by atoms with E-state index in [4.69, 9.17) is 4.74 Å². The van der Waals surface area contributed by atoms with Gasteiger partial charge in [0, 0.05) is 74.9 Å². The highest BCUT2D eigenvalue weighted by atomic mass is 16.5. The first-order valence-corrected chi connectivity index (χ1v) is 20.5. The van der Waals surface area contributed by atoms with Crippen LogP contribution in [0.5, 0.6) is 5.75 Å². The number of fused-ring (bicyclic) bond motifs is 1. The number of nitriles is 2. The number of nitrogens with zero attached hydrogens (tertiary/aromatic N) is 7. The van der Waals surface area contributed by atoms with Crippen LogP contribution in [-0.2, 0) is 16.1 Å². The first kappa shape index (κ1) is 39.5. The molecule has 0 radical (unpaired) electrons. The van der Waals surface area contributed by atoms with Crippen molar-refractivity contribution in [1.82, 2.24) is 24.6 Å². The summed E-state index contributed by atoms with van der Waals surface area (Å²) >= 11 is 0. The zero-order valence-corrected chi connectivity index (χ0v) is 33.6. The highest BCUT2D eigenvalue weighted by Crippen LogP contribution is 2.34. The van der Waals surface area contributed by atoms with Gasteiger partial charge in [0.25, 0.3) is 11.8 Å². The van der Waals surface area contributed by atoms with Crippen LogP contribution in [0.1, 0.15) is 74.5 Å². The molecule has 5 heterocycles. The number of hydrogen-bond acceptors (Lipinski definition) is 10. The van der Waals surface area contributed by atoms with E-state index in [9.17, 15) is 29.7 Å². The Bertz CT molecular complexity index is 2360. The van der Waals surface area contributed by atoms with E-state index < -0.39 is 23.8 Å². The Morgan fingerprint density at radius 3 is 2.15 bits per heavy atom. The number of aromatic nitrogens is 1. The predicted octanol–water partition coefficient (Wildman–Crippen LogP) is 4.88. The molecule has 3 saturated heterocycles. The zero-order chi connectivity index (χ0) is 41.2. The fraction of sp³-hybridized carbons (Fsp3) is 0.391. The zero-order valence-electron chi connectivity index (χ0n) is 33.6. The predicted molar refractivity (Wildman–Crippen MR) is 221 cm³/mol. The molecule has 13 heteroatoms. The van der Waals surface area contributed by atoms with Crippen molar-refractivity contribution in [2.24, 2.45) is 5.92 Å². The fourth-order valence-corrected chi connectivity index (χ4v) is 9.09. The molecule has 0 bridgehead atoms. The van der Waals surface area contributed by atoms with Gasteiger partial charge in [0.05, 0.1) is 28.3 Å². The molecule has 0 saturated carbocycles. The van der Waals surface area contributed by atoms with Crippen molar-refractivity contribution in [3.63, 3.8) is 0 Å². The smallest absolute Gasteiger partial charge is 0.262 e. The molecule has 1 atom stereocenters. The van der Waals surface area contributed by atoms with Crippen LogP contribution in [0.4, 0.5) is 5.69 Å². The molecule has 4 aliphatic rings. The van der Waals surface area contributed by atoms with Crippen molar-refractivity contribution >= 4 is 29.3 Å². The van der Waals surface area contributed by atoms with Crippen LogP contribution >= 0.6 is 0 Å². The maximum absolute atomic E-state index is 13.3. The van der Waals surface area contributed by atoms with Crippen molar-refractivity contribution in [2.75, 3.05) is 63.9 Å². The lowest BCUT2D eigenvalue weighted by molar-refractivity contribution is -0.136. The standard InChI is InChI=1S/C46H48N8O5/c1-30-40(27-48)43(35-7-3-32(26-47)4-8-35)31(2)53(30)29-33-5-10-37(11-6-33)59-24-23-50-17-15-34(16-18-50)28-51-19-21-52(22-20-51)36-9-12-38-39(25-36)46(58)54(45(38)57)41-13-14-42(55)49-44(41)56/h3-12,25,34,41H,13-24,28-29H2,1-2H3,(H,49,55,56). The van der Waals surface area contributed by atoms with Crippen molar-refractivity contribution < 1.29 is 23.9 Å². The molecule has 4 aromatic rings. The second-order valence-corrected chi connectivity index (χ2v) is 16.1. The SMILES string of the molecule is Cc1c(C#N)c(-c2ccc(C#N)cc2)c(C)n1Cc1ccc(OCCN2CCC(CN3CCN(c4ccc5c(c4)C(=O)N(C4CCC(=O)NC4=O)C5=O)CC3)CC2)cc1. The van der Waals surface area contributed by atoms with E-state index in [-0.39, 0.29) is 18.7 Å². The maximum atomic E-state index is 13.3. The Morgan fingerprint density at radius 1 is 0.763 bits per heavy atom. The van der Waals surface area contributed by atoms with Crippen LogP contribution in [0.25, 0.3) is 11.1 Å². The minimum Gasteiger partial charge on any atom is -0.492 e. The summed E-state index contributed by atoms with van der Waals surface area (Å²) in [6.07, 6.45) is 2.54. The number of ether oxygens (including phenoxy) is 1. The number of nitrogens with one attached hydrogen (secondary N) is 1. The quantitative estimate of drug-likeness (QED) is 0.208. The molecule has 4 aliphatic heterocycles. The Labute approximate surface area is 344 Å². The maximum Gasteiger partial charge on any atom is 0.262 e. The van der Waals surface area contributed by atoms with Gasteiger partial charge in [-0.05, 0) is 106 Å². The van der Waals surface area contributed by atoms with E-state index in [0.29, 0.717) is 41.3 Å². The lowest BCUT2D eigenvalue weighted by Crippen LogP contribution is -2.54. The number of amides is 4. The third kappa shape index (κ3) is 8.09. The lowest BCUT2D eigenvalue weighted by Gasteiger charge is -2.39. The number of rotatable bonds is 11. The second kappa shape index (κ2) is 16.9. The Hall–Kier alpha value is -6.28. The van der Waals surface area contributed by atoms with Gasteiger partial charge in [-0.15, -0.1) is 0 Å². The lowest BCUT2D eigenvalue weighted by atomic mass is 9.96. The van der Waals surface area contributed by atoms with E-state index in [1.54, 1.807) is 24.3 Å². The monoisotopic (exact) mass is 792 g/mol. The minimum absolute atomic E-state index is 0.0974. The van der Waals surface area contributed by atoms with Crippen LogP contribution < -0.4 is 15.0 Å². The molecule has 0 spiro atoms. The second-order valence-electron chi connectivity index (χ2n) is 16.1. The highest BCUT2D eigenvalue weighted by molar-refractivity contribution is 6.23. The number of anilines is 1. The van der Waals surface area contributed by atoms with Gasteiger partial charge < -0.3 is 14.2 Å². The summed E-state index contributed by atoms with van der Waals surface area (Å²) in [4.78, 5) is 58.8. The Morgan fingerprint density at radius 2 is 1.47 bits per heavy atom. The van der Waals surface area contributed by atoms with Gasteiger partial charge in [-0.2, -0.15) is 10.5 Å². The Kier molecular flexibility index (Phi) is 11.3. The first-order chi connectivity index (χ1) is 28.6. The molecule has 0 aliphatic carbocycles. The van der Waals surface area contributed by atoms with Crippen molar-refractivity contribution in [2.45, 2.75) is 52.1 Å². The van der Waals surface area contributed by atoms with Gasteiger partial charge in [-0.3, -0.25) is 39.2 Å². The third-order valence-electron chi connectivity index (χ3n) is 12.5. The third-order valence-corrected chi connectivity index (χ3v) is 12.5. The van der Waals surface area contributed by atoms with Crippen LogP contribution in [0.2, 0.25) is 0 Å². The van der Waals surface area contributed by atoms with Gasteiger partial charge in [0.2, 0.25) is 11.8 Å². The van der Waals surface area contributed by atoms with E-state index in [0.717, 1.165) is 110 Å². The van der Waals surface area contributed by atoms with E-state index in [2.05, 4.69) is 48.9 Å². The summed E-state index contributed by atoms with van der Waals surface area (Å²) in [5.74, 6) is -0.461. The van der Waals surface area contributed by atoms with Crippen LogP contribution in [0, 0.1) is 42.4 Å². The average Bonchev–Trinajstić information content (AvgIpc) is 3.64. The summed E-state index contributed by atoms with van der Waals surface area (Å²) < 4.78 is 8.34. The van der Waals surface area contributed by atoms with Gasteiger partial charge >= 0.3 is 0 Å². The largest absolute Gasteiger partial charge is 0.492 e. The molecule has 3 fully saturated rings. The highest BCUT2D eigenvalue weighted by Gasteiger charge is 2.45. The van der Waals surface area contributed by atoms with Gasteiger partial charge in [-0.1, -0.05) is 24.3 Å². The first-order valence-electron chi connectivity index (χ1n) is 20.5. The number of carbonyl (C=O) groups is 4. The van der Waals surface area contributed by atoms with Crippen molar-refractivity contribution in [3.05, 3.63) is 106 Å². The van der Waals surface area contributed by atoms with Crippen LogP contribution in [0.15, 0.2) is 66.7 Å². The summed E-state index contributed by atoms with van der Waals surface area (Å²) in [6.45, 7) is 12.8. The van der Waals surface area contributed by atoms with E-state index in [1.165, 1.54) is 0 Å². The molecule has 3 aromatic carbocycles. The molecular formula is C46H48N8O5. The molecule has 4 amide bonds. The summed E-state index contributed by atoms with van der Waals surface area (Å²) in [7, 11) is 0. The number of piperidine rings is 2. The molecule has 8 rings (SSSR count). The molecule has 13 nitrogen and oxygen atoms in total. The molecule has 1 aromatic heterocycles. The number of hydrogen-bond donors (Lipinski definition) is 1. The molecule has 59 heavy (non-hydrogen) atoms. The molecule has 302 valence electrons. The molecule has 1 unspecified atom stereocenters. The summed E-state index contributed by atoms with van der Waals surface area (Å²) in [5.41, 5.74) is 7.67. The number of benzene rings is 3. The molecular weight excluding hydrogens is 745 g/mol. The average molecular weight is 793 g/mol.